The predicted molar refractivity (Wildman–Crippen MR) is 127 cm³/mol. The van der Waals surface area contributed by atoms with E-state index in [1.165, 1.54) is 34.0 Å². The van der Waals surface area contributed by atoms with Gasteiger partial charge in [-0.15, -0.1) is 34.0 Å². The lowest BCUT2D eigenvalue weighted by molar-refractivity contribution is 0.111. The van der Waals surface area contributed by atoms with Gasteiger partial charge in [0.1, 0.15) is 0 Å². The predicted octanol–water partition coefficient (Wildman–Crippen LogP) is 7.23. The minimum atomic E-state index is 0.686. The van der Waals surface area contributed by atoms with Crippen molar-refractivity contribution in [1.29, 1.82) is 0 Å². The Labute approximate surface area is 186 Å². The van der Waals surface area contributed by atoms with Crippen LogP contribution in [0.3, 0.4) is 0 Å². The molecule has 0 fully saturated rings. The van der Waals surface area contributed by atoms with Crippen LogP contribution in [-0.4, -0.2) is 18.9 Å². The molecular formula is C24H18O3S3. The highest BCUT2D eigenvalue weighted by Gasteiger charge is 2.23. The van der Waals surface area contributed by atoms with Gasteiger partial charge >= 0.3 is 0 Å². The van der Waals surface area contributed by atoms with Crippen LogP contribution < -0.4 is 0 Å². The molecule has 0 saturated carbocycles. The number of carbonyl (C=O) groups is 3. The van der Waals surface area contributed by atoms with Crippen LogP contribution in [0.25, 0.3) is 31.3 Å². The lowest BCUT2D eigenvalue weighted by Crippen LogP contribution is -1.98. The number of hydrogen-bond acceptors (Lipinski definition) is 6. The van der Waals surface area contributed by atoms with Crippen molar-refractivity contribution in [2.75, 3.05) is 0 Å². The van der Waals surface area contributed by atoms with Gasteiger partial charge < -0.3 is 0 Å². The molecule has 4 aromatic rings. The summed E-state index contributed by atoms with van der Waals surface area (Å²) < 4.78 is 0. The number of thiophene rings is 3. The van der Waals surface area contributed by atoms with Gasteiger partial charge in [-0.3, -0.25) is 14.4 Å². The van der Waals surface area contributed by atoms with E-state index in [1.807, 2.05) is 36.4 Å². The van der Waals surface area contributed by atoms with Gasteiger partial charge in [0, 0.05) is 14.6 Å². The first-order valence-electron chi connectivity index (χ1n) is 9.28. The molecule has 3 aromatic heterocycles. The fourth-order valence-electron chi connectivity index (χ4n) is 3.98. The van der Waals surface area contributed by atoms with Gasteiger partial charge in [0.25, 0.3) is 0 Å². The van der Waals surface area contributed by atoms with Gasteiger partial charge in [0.15, 0.2) is 18.9 Å². The third-order valence-corrected chi connectivity index (χ3v) is 8.30. The summed E-state index contributed by atoms with van der Waals surface area (Å²) in [6.07, 6.45) is 2.63. The van der Waals surface area contributed by atoms with Crippen molar-refractivity contribution in [3.05, 3.63) is 67.7 Å². The second-order valence-corrected chi connectivity index (χ2v) is 10.3. The molecule has 3 nitrogen and oxygen atoms in total. The average molecular weight is 451 g/mol. The molecule has 0 bridgehead atoms. The van der Waals surface area contributed by atoms with E-state index in [0.717, 1.165) is 66.9 Å². The Kier molecular flexibility index (Phi) is 5.64. The molecule has 6 heteroatoms. The number of hydrogen-bond donors (Lipinski definition) is 0. The summed E-state index contributed by atoms with van der Waals surface area (Å²) >= 11 is 4.42. The molecule has 150 valence electrons. The highest BCUT2D eigenvalue weighted by molar-refractivity contribution is 7.18. The number of carbonyl (C=O) groups excluding carboxylic acids is 3. The molecule has 3 heterocycles. The zero-order valence-corrected chi connectivity index (χ0v) is 19.1. The van der Waals surface area contributed by atoms with Gasteiger partial charge in [0.2, 0.25) is 0 Å². The lowest BCUT2D eigenvalue weighted by Gasteiger charge is -2.21. The smallest absolute Gasteiger partial charge is 0.160 e. The van der Waals surface area contributed by atoms with Crippen LogP contribution in [0.5, 0.6) is 0 Å². The first-order chi connectivity index (χ1) is 14.5. The van der Waals surface area contributed by atoms with Crippen molar-refractivity contribution in [1.82, 2.24) is 0 Å². The van der Waals surface area contributed by atoms with E-state index in [1.54, 1.807) is 0 Å². The largest absolute Gasteiger partial charge is 0.297 e. The van der Waals surface area contributed by atoms with Crippen molar-refractivity contribution in [3.8, 4) is 31.3 Å². The summed E-state index contributed by atoms with van der Waals surface area (Å²) in [6.45, 7) is 6.29. The number of aldehydes is 3. The molecule has 30 heavy (non-hydrogen) atoms. The molecule has 0 saturated heterocycles. The van der Waals surface area contributed by atoms with Crippen LogP contribution in [0.4, 0.5) is 0 Å². The lowest BCUT2D eigenvalue weighted by atomic mass is 9.86. The van der Waals surface area contributed by atoms with Crippen LogP contribution in [0.15, 0.2) is 36.4 Å². The molecular weight excluding hydrogens is 432 g/mol. The molecule has 0 spiro atoms. The molecule has 0 amide bonds. The van der Waals surface area contributed by atoms with E-state index in [0.29, 0.717) is 14.6 Å². The van der Waals surface area contributed by atoms with Crippen LogP contribution >= 0.6 is 34.0 Å². The molecule has 1 aromatic carbocycles. The maximum Gasteiger partial charge on any atom is 0.160 e. The third kappa shape index (κ3) is 3.41. The molecule has 4 rings (SSSR count). The number of rotatable bonds is 6. The summed E-state index contributed by atoms with van der Waals surface area (Å²) in [5.74, 6) is 0. The Balaban J connectivity index is 2.07. The molecule has 0 aliphatic carbocycles. The fraction of sp³-hybridized carbons (Fsp3) is 0.125. The molecule has 0 N–H and O–H groups in total. The Hall–Kier alpha value is -2.67. The Morgan fingerprint density at radius 3 is 0.967 bits per heavy atom. The summed E-state index contributed by atoms with van der Waals surface area (Å²) in [6, 6.07) is 11.5. The van der Waals surface area contributed by atoms with Gasteiger partial charge in [0.05, 0.1) is 14.6 Å². The van der Waals surface area contributed by atoms with Gasteiger partial charge in [-0.05, 0) is 90.6 Å². The van der Waals surface area contributed by atoms with E-state index >= 15 is 0 Å². The van der Waals surface area contributed by atoms with Crippen molar-refractivity contribution in [3.63, 3.8) is 0 Å². The SMILES string of the molecule is Cc1c(-c2ccc(C=O)s2)c(C)c(-c2ccc(C=O)s2)c(C)c1-c1ccc(C=O)s1. The van der Waals surface area contributed by atoms with E-state index in [4.69, 9.17) is 0 Å². The number of benzene rings is 1. The second kappa shape index (κ2) is 8.22. The van der Waals surface area contributed by atoms with Crippen LogP contribution in [-0.2, 0) is 0 Å². The van der Waals surface area contributed by atoms with E-state index in [-0.39, 0.29) is 0 Å². The first-order valence-corrected chi connectivity index (χ1v) is 11.7. The standard InChI is InChI=1S/C24H18O3S3/c1-13-22(19-7-4-16(10-25)28-19)14(2)24(21-9-6-18(12-27)30-21)15(3)23(13)20-8-5-17(11-26)29-20/h4-12H,1-3H3. The average Bonchev–Trinajstić information content (AvgIpc) is 3.49. The summed E-state index contributed by atoms with van der Waals surface area (Å²) in [5.41, 5.74) is 6.68. The quantitative estimate of drug-likeness (QED) is 0.291. The third-order valence-electron chi connectivity index (χ3n) is 5.22. The topological polar surface area (TPSA) is 51.2 Å². The molecule has 0 aliphatic heterocycles. The first kappa shape index (κ1) is 20.6. The van der Waals surface area contributed by atoms with E-state index in [9.17, 15) is 14.4 Å². The summed E-state index contributed by atoms with van der Waals surface area (Å²) in [7, 11) is 0. The van der Waals surface area contributed by atoms with Gasteiger partial charge in [-0.25, -0.2) is 0 Å². The van der Waals surface area contributed by atoms with Crippen LogP contribution in [0, 0.1) is 20.8 Å². The van der Waals surface area contributed by atoms with Crippen molar-refractivity contribution >= 4 is 52.9 Å². The van der Waals surface area contributed by atoms with Crippen molar-refractivity contribution < 1.29 is 14.4 Å². The van der Waals surface area contributed by atoms with Crippen LogP contribution in [0.2, 0.25) is 0 Å². The highest BCUT2D eigenvalue weighted by atomic mass is 32.1. The maximum atomic E-state index is 11.3. The molecule has 0 radical (unpaired) electrons. The summed E-state index contributed by atoms with van der Waals surface area (Å²) in [4.78, 5) is 39.0. The van der Waals surface area contributed by atoms with Crippen LogP contribution in [0.1, 0.15) is 45.7 Å². The zero-order valence-electron chi connectivity index (χ0n) is 16.6. The van der Waals surface area contributed by atoms with E-state index < -0.39 is 0 Å². The minimum absolute atomic E-state index is 0.686. The Morgan fingerprint density at radius 2 is 0.767 bits per heavy atom. The molecule has 0 aliphatic rings. The van der Waals surface area contributed by atoms with Crippen molar-refractivity contribution in [2.45, 2.75) is 20.8 Å². The maximum absolute atomic E-state index is 11.3. The Morgan fingerprint density at radius 1 is 0.500 bits per heavy atom. The monoisotopic (exact) mass is 450 g/mol. The second-order valence-electron chi connectivity index (χ2n) is 6.96. The normalized spacial score (nSPS) is 10.9. The molecule has 0 unspecified atom stereocenters. The summed E-state index contributed by atoms with van der Waals surface area (Å²) in [5, 5.41) is 0. The molecule has 0 atom stereocenters. The van der Waals surface area contributed by atoms with Gasteiger partial charge in [-0.1, -0.05) is 0 Å². The Bertz CT molecular complexity index is 1110. The highest BCUT2D eigenvalue weighted by Crippen LogP contribution is 2.47. The van der Waals surface area contributed by atoms with Gasteiger partial charge in [-0.2, -0.15) is 0 Å². The zero-order chi connectivity index (χ0) is 21.4. The van der Waals surface area contributed by atoms with Crippen molar-refractivity contribution in [2.24, 2.45) is 0 Å². The minimum Gasteiger partial charge on any atom is -0.297 e. The fourth-order valence-corrected chi connectivity index (χ4v) is 6.93. The van der Waals surface area contributed by atoms with E-state index in [2.05, 4.69) is 20.8 Å².